The summed E-state index contributed by atoms with van der Waals surface area (Å²) in [6.07, 6.45) is 2.25. The standard InChI is InChI=1S/C14H19N5O2/c15-14(21)13(16-9-11-5-2-1-3-6-11)12-10-19(18-17-12)7-4-8-20/h1-3,5-6,10,13,16,20H,4,7-9H2,(H2,15,21). The topological polar surface area (TPSA) is 106 Å². The van der Waals surface area contributed by atoms with E-state index in [2.05, 4.69) is 15.6 Å². The van der Waals surface area contributed by atoms with Crippen molar-refractivity contribution >= 4 is 5.91 Å². The number of aliphatic hydroxyl groups excluding tert-OH is 1. The van der Waals surface area contributed by atoms with Crippen LogP contribution in [0.1, 0.15) is 23.7 Å². The summed E-state index contributed by atoms with van der Waals surface area (Å²) in [7, 11) is 0. The average molecular weight is 289 g/mol. The molecule has 1 atom stereocenters. The molecule has 0 aliphatic heterocycles. The second-order valence-corrected chi connectivity index (χ2v) is 4.69. The second kappa shape index (κ2) is 7.51. The van der Waals surface area contributed by atoms with E-state index in [1.165, 1.54) is 0 Å². The lowest BCUT2D eigenvalue weighted by Crippen LogP contribution is -2.33. The molecular formula is C14H19N5O2. The summed E-state index contributed by atoms with van der Waals surface area (Å²) < 4.78 is 1.59. The summed E-state index contributed by atoms with van der Waals surface area (Å²) in [4.78, 5) is 11.6. The first kappa shape index (κ1) is 15.1. The predicted molar refractivity (Wildman–Crippen MR) is 76.9 cm³/mol. The van der Waals surface area contributed by atoms with Crippen molar-refractivity contribution in [3.8, 4) is 0 Å². The van der Waals surface area contributed by atoms with Crippen molar-refractivity contribution in [2.24, 2.45) is 5.73 Å². The van der Waals surface area contributed by atoms with Crippen LogP contribution in [0.2, 0.25) is 0 Å². The van der Waals surface area contributed by atoms with Gasteiger partial charge in [0.15, 0.2) is 0 Å². The fraction of sp³-hybridized carbons (Fsp3) is 0.357. The van der Waals surface area contributed by atoms with E-state index in [1.54, 1.807) is 10.9 Å². The molecule has 0 aliphatic carbocycles. The number of rotatable bonds is 8. The van der Waals surface area contributed by atoms with Gasteiger partial charge in [-0.1, -0.05) is 35.5 Å². The fourth-order valence-corrected chi connectivity index (χ4v) is 1.95. The van der Waals surface area contributed by atoms with Crippen LogP contribution in [0.3, 0.4) is 0 Å². The number of primary amides is 1. The zero-order valence-electron chi connectivity index (χ0n) is 11.6. The molecule has 2 rings (SSSR count). The summed E-state index contributed by atoms with van der Waals surface area (Å²) in [5.41, 5.74) is 6.96. The van der Waals surface area contributed by atoms with Crippen molar-refractivity contribution in [2.75, 3.05) is 6.61 Å². The number of amides is 1. The van der Waals surface area contributed by atoms with Crippen LogP contribution in [-0.2, 0) is 17.9 Å². The molecule has 1 aromatic carbocycles. The molecule has 1 heterocycles. The Balaban J connectivity index is 2.01. The van der Waals surface area contributed by atoms with Crippen molar-refractivity contribution in [1.29, 1.82) is 0 Å². The predicted octanol–water partition coefficient (Wildman–Crippen LogP) is -0.0233. The third-order valence-corrected chi connectivity index (χ3v) is 3.04. The zero-order valence-corrected chi connectivity index (χ0v) is 11.6. The molecule has 112 valence electrons. The van der Waals surface area contributed by atoms with Gasteiger partial charge in [-0.2, -0.15) is 0 Å². The lowest BCUT2D eigenvalue weighted by molar-refractivity contribution is -0.120. The van der Waals surface area contributed by atoms with Gasteiger partial charge in [0.05, 0.1) is 6.20 Å². The van der Waals surface area contributed by atoms with E-state index in [-0.39, 0.29) is 6.61 Å². The van der Waals surface area contributed by atoms with Gasteiger partial charge in [-0.05, 0) is 12.0 Å². The highest BCUT2D eigenvalue weighted by molar-refractivity contribution is 5.80. The van der Waals surface area contributed by atoms with Crippen LogP contribution in [0, 0.1) is 0 Å². The molecule has 0 saturated carbocycles. The monoisotopic (exact) mass is 289 g/mol. The number of carbonyl (C=O) groups excluding carboxylic acids is 1. The summed E-state index contributed by atoms with van der Waals surface area (Å²) >= 11 is 0. The van der Waals surface area contributed by atoms with Crippen molar-refractivity contribution in [2.45, 2.75) is 25.6 Å². The molecule has 0 aliphatic rings. The molecule has 1 aromatic heterocycles. The van der Waals surface area contributed by atoms with Crippen LogP contribution >= 0.6 is 0 Å². The third kappa shape index (κ3) is 4.37. The van der Waals surface area contributed by atoms with E-state index in [0.717, 1.165) is 5.56 Å². The Labute approximate surface area is 122 Å². The van der Waals surface area contributed by atoms with Gasteiger partial charge in [0.25, 0.3) is 0 Å². The highest BCUT2D eigenvalue weighted by atomic mass is 16.3. The fourth-order valence-electron chi connectivity index (χ4n) is 1.95. The van der Waals surface area contributed by atoms with E-state index in [1.807, 2.05) is 30.3 Å². The number of hydrogen-bond acceptors (Lipinski definition) is 5. The average Bonchev–Trinajstić information content (AvgIpc) is 2.94. The molecule has 4 N–H and O–H groups in total. The van der Waals surface area contributed by atoms with Gasteiger partial charge >= 0.3 is 0 Å². The second-order valence-electron chi connectivity index (χ2n) is 4.69. The first-order chi connectivity index (χ1) is 10.2. The zero-order chi connectivity index (χ0) is 15.1. The molecule has 0 saturated heterocycles. The molecule has 0 bridgehead atoms. The van der Waals surface area contributed by atoms with Crippen LogP contribution in [0.25, 0.3) is 0 Å². The Morgan fingerprint density at radius 1 is 1.38 bits per heavy atom. The Kier molecular flexibility index (Phi) is 5.42. The molecular weight excluding hydrogens is 270 g/mol. The number of nitrogens with one attached hydrogen (secondary N) is 1. The summed E-state index contributed by atoms with van der Waals surface area (Å²) in [6.45, 7) is 1.15. The highest BCUT2D eigenvalue weighted by Crippen LogP contribution is 2.10. The van der Waals surface area contributed by atoms with Gasteiger partial charge in [-0.15, -0.1) is 5.10 Å². The first-order valence-corrected chi connectivity index (χ1v) is 6.78. The van der Waals surface area contributed by atoms with E-state index in [0.29, 0.717) is 25.2 Å². The van der Waals surface area contributed by atoms with Crippen LogP contribution in [0.5, 0.6) is 0 Å². The summed E-state index contributed by atoms with van der Waals surface area (Å²) in [6, 6.07) is 9.03. The summed E-state index contributed by atoms with van der Waals surface area (Å²) in [5, 5.41) is 19.8. The lowest BCUT2D eigenvalue weighted by atomic mass is 10.1. The lowest BCUT2D eigenvalue weighted by Gasteiger charge is -2.12. The van der Waals surface area contributed by atoms with Gasteiger partial charge in [-0.25, -0.2) is 0 Å². The normalized spacial score (nSPS) is 12.2. The maximum atomic E-state index is 11.6. The minimum Gasteiger partial charge on any atom is -0.396 e. The molecule has 7 nitrogen and oxygen atoms in total. The maximum Gasteiger partial charge on any atom is 0.240 e. The minimum atomic E-state index is -0.687. The van der Waals surface area contributed by atoms with Gasteiger partial charge in [0.2, 0.25) is 5.91 Å². The number of aryl methyl sites for hydroxylation is 1. The van der Waals surface area contributed by atoms with E-state index in [4.69, 9.17) is 10.8 Å². The van der Waals surface area contributed by atoms with E-state index >= 15 is 0 Å². The van der Waals surface area contributed by atoms with Gasteiger partial charge < -0.3 is 10.8 Å². The van der Waals surface area contributed by atoms with E-state index in [9.17, 15) is 4.79 Å². The van der Waals surface area contributed by atoms with Crippen LogP contribution in [-0.4, -0.2) is 32.6 Å². The van der Waals surface area contributed by atoms with E-state index < -0.39 is 11.9 Å². The smallest absolute Gasteiger partial charge is 0.240 e. The van der Waals surface area contributed by atoms with Crippen molar-refractivity contribution < 1.29 is 9.90 Å². The van der Waals surface area contributed by atoms with Gasteiger partial charge in [0, 0.05) is 19.7 Å². The number of hydrogen-bond donors (Lipinski definition) is 3. The molecule has 0 fully saturated rings. The highest BCUT2D eigenvalue weighted by Gasteiger charge is 2.20. The largest absolute Gasteiger partial charge is 0.396 e. The Bertz CT molecular complexity index is 570. The Morgan fingerprint density at radius 2 is 2.14 bits per heavy atom. The third-order valence-electron chi connectivity index (χ3n) is 3.04. The molecule has 1 unspecified atom stereocenters. The first-order valence-electron chi connectivity index (χ1n) is 6.78. The molecule has 0 spiro atoms. The van der Waals surface area contributed by atoms with Crippen molar-refractivity contribution in [3.63, 3.8) is 0 Å². The van der Waals surface area contributed by atoms with Gasteiger partial charge in [-0.3, -0.25) is 14.8 Å². The maximum absolute atomic E-state index is 11.6. The van der Waals surface area contributed by atoms with Crippen molar-refractivity contribution in [3.05, 3.63) is 47.8 Å². The molecule has 21 heavy (non-hydrogen) atoms. The van der Waals surface area contributed by atoms with Crippen LogP contribution in [0.15, 0.2) is 36.5 Å². The molecule has 0 radical (unpaired) electrons. The number of carbonyl (C=O) groups is 1. The van der Waals surface area contributed by atoms with Crippen LogP contribution < -0.4 is 11.1 Å². The number of nitrogens with zero attached hydrogens (tertiary/aromatic N) is 3. The molecule has 7 heteroatoms. The summed E-state index contributed by atoms with van der Waals surface area (Å²) in [5.74, 6) is -0.500. The Morgan fingerprint density at radius 3 is 2.81 bits per heavy atom. The minimum absolute atomic E-state index is 0.0840. The molecule has 1 amide bonds. The van der Waals surface area contributed by atoms with Gasteiger partial charge in [0.1, 0.15) is 11.7 Å². The number of aromatic nitrogens is 3. The number of aliphatic hydroxyl groups is 1. The number of nitrogens with two attached hydrogens (primary N) is 1. The Hall–Kier alpha value is -2.25. The van der Waals surface area contributed by atoms with Crippen LogP contribution in [0.4, 0.5) is 0 Å². The van der Waals surface area contributed by atoms with Crippen molar-refractivity contribution in [1.82, 2.24) is 20.3 Å². The quantitative estimate of drug-likeness (QED) is 0.633. The number of benzene rings is 1. The SMILES string of the molecule is NC(=O)C(NCc1ccccc1)c1cn(CCCO)nn1. The molecule has 2 aromatic rings.